The maximum atomic E-state index is 12.2. The van der Waals surface area contributed by atoms with Crippen LogP contribution in [0.4, 0.5) is 0 Å². The van der Waals surface area contributed by atoms with Gasteiger partial charge in [-0.15, -0.1) is 0 Å². The van der Waals surface area contributed by atoms with Gasteiger partial charge < -0.3 is 9.72 Å². The minimum atomic E-state index is -0.0205. The molecule has 0 fully saturated rings. The highest BCUT2D eigenvalue weighted by Crippen LogP contribution is 2.21. The first kappa shape index (κ1) is 17.5. The van der Waals surface area contributed by atoms with Crippen LogP contribution in [0.3, 0.4) is 0 Å². The Morgan fingerprint density at radius 1 is 1.22 bits per heavy atom. The lowest BCUT2D eigenvalue weighted by Crippen LogP contribution is -2.35. The third kappa shape index (κ3) is 3.38. The Labute approximate surface area is 157 Å². The number of nitrogens with zero attached hydrogens (tertiary/aromatic N) is 4. The van der Waals surface area contributed by atoms with Crippen molar-refractivity contribution in [3.8, 4) is 11.4 Å². The first-order valence-corrected chi connectivity index (χ1v) is 9.04. The van der Waals surface area contributed by atoms with E-state index in [4.69, 9.17) is 4.74 Å². The number of hydrogen-bond donors (Lipinski definition) is 1. The highest BCUT2D eigenvalue weighted by molar-refractivity contribution is 5.39. The smallest absolute Gasteiger partial charge is 0.255 e. The van der Waals surface area contributed by atoms with Crippen LogP contribution in [0.2, 0.25) is 0 Å². The van der Waals surface area contributed by atoms with Crippen LogP contribution in [0.5, 0.6) is 5.75 Å². The standard InChI is InChI=1S/C20H23N5O2/c1-13-15(10-21-25(13)16-4-6-17(27-3)7-5-16)11-24-9-8-19-18(12-24)20(26)23-14(2)22-19/h4-7,10H,8-9,11-12H2,1-3H3,(H,22,23,26). The molecule has 1 aliphatic rings. The first-order valence-electron chi connectivity index (χ1n) is 9.04. The lowest BCUT2D eigenvalue weighted by molar-refractivity contribution is 0.241. The topological polar surface area (TPSA) is 76.0 Å². The summed E-state index contributed by atoms with van der Waals surface area (Å²) >= 11 is 0. The molecular formula is C20H23N5O2. The lowest BCUT2D eigenvalue weighted by atomic mass is 10.1. The normalized spacial score (nSPS) is 14.2. The Morgan fingerprint density at radius 3 is 2.74 bits per heavy atom. The molecule has 2 aromatic heterocycles. The van der Waals surface area contributed by atoms with E-state index >= 15 is 0 Å². The predicted octanol–water partition coefficient (Wildman–Crippen LogP) is 2.14. The van der Waals surface area contributed by atoms with Crippen LogP contribution in [0, 0.1) is 13.8 Å². The van der Waals surface area contributed by atoms with Gasteiger partial charge in [0.25, 0.3) is 5.56 Å². The average molecular weight is 365 g/mol. The summed E-state index contributed by atoms with van der Waals surface area (Å²) < 4.78 is 7.15. The minimum Gasteiger partial charge on any atom is -0.497 e. The van der Waals surface area contributed by atoms with E-state index in [1.165, 1.54) is 0 Å². The summed E-state index contributed by atoms with van der Waals surface area (Å²) in [5, 5.41) is 4.55. The number of methoxy groups -OCH3 is 1. The van der Waals surface area contributed by atoms with Crippen molar-refractivity contribution in [3.63, 3.8) is 0 Å². The van der Waals surface area contributed by atoms with Gasteiger partial charge in [-0.1, -0.05) is 0 Å². The minimum absolute atomic E-state index is 0.0205. The zero-order valence-electron chi connectivity index (χ0n) is 15.8. The first-order chi connectivity index (χ1) is 13.0. The Kier molecular flexibility index (Phi) is 4.53. The van der Waals surface area contributed by atoms with E-state index < -0.39 is 0 Å². The van der Waals surface area contributed by atoms with E-state index in [1.54, 1.807) is 7.11 Å². The molecule has 1 aliphatic heterocycles. The van der Waals surface area contributed by atoms with E-state index in [9.17, 15) is 4.79 Å². The van der Waals surface area contributed by atoms with Crippen molar-refractivity contribution in [2.24, 2.45) is 0 Å². The molecule has 3 aromatic rings. The average Bonchev–Trinajstić information content (AvgIpc) is 3.03. The molecule has 0 spiro atoms. The van der Waals surface area contributed by atoms with Crippen LogP contribution >= 0.6 is 0 Å². The third-order valence-corrected chi connectivity index (χ3v) is 5.09. The molecule has 140 valence electrons. The molecule has 4 rings (SSSR count). The maximum Gasteiger partial charge on any atom is 0.255 e. The van der Waals surface area contributed by atoms with E-state index in [1.807, 2.05) is 42.1 Å². The molecule has 7 nitrogen and oxygen atoms in total. The fourth-order valence-corrected chi connectivity index (χ4v) is 3.56. The number of aromatic amines is 1. The number of H-pyrrole nitrogens is 1. The van der Waals surface area contributed by atoms with Crippen LogP contribution < -0.4 is 10.3 Å². The molecule has 0 unspecified atom stereocenters. The van der Waals surface area contributed by atoms with Crippen molar-refractivity contribution in [2.45, 2.75) is 33.4 Å². The molecule has 0 amide bonds. The molecular weight excluding hydrogens is 342 g/mol. The Hall–Kier alpha value is -2.93. The van der Waals surface area contributed by atoms with Gasteiger partial charge in [-0.3, -0.25) is 9.69 Å². The molecule has 7 heteroatoms. The molecule has 3 heterocycles. The van der Waals surface area contributed by atoms with Crippen LogP contribution in [0.25, 0.3) is 5.69 Å². The van der Waals surface area contributed by atoms with Gasteiger partial charge in [-0.05, 0) is 38.1 Å². The molecule has 1 N–H and O–H groups in total. The molecule has 0 bridgehead atoms. The van der Waals surface area contributed by atoms with Crippen molar-refractivity contribution in [1.29, 1.82) is 0 Å². The molecule has 0 radical (unpaired) electrons. The summed E-state index contributed by atoms with van der Waals surface area (Å²) in [5.41, 5.74) is 4.95. The van der Waals surface area contributed by atoms with Crippen molar-refractivity contribution in [2.75, 3.05) is 13.7 Å². The number of benzene rings is 1. The van der Waals surface area contributed by atoms with Gasteiger partial charge in [0.05, 0.1) is 30.3 Å². The van der Waals surface area contributed by atoms with Gasteiger partial charge in [-0.25, -0.2) is 9.67 Å². The number of rotatable bonds is 4. The largest absolute Gasteiger partial charge is 0.497 e. The highest BCUT2D eigenvalue weighted by Gasteiger charge is 2.22. The summed E-state index contributed by atoms with van der Waals surface area (Å²) in [5.74, 6) is 1.51. The van der Waals surface area contributed by atoms with Crippen molar-refractivity contribution >= 4 is 0 Å². The van der Waals surface area contributed by atoms with Crippen molar-refractivity contribution < 1.29 is 4.74 Å². The fraction of sp³-hybridized carbons (Fsp3) is 0.350. The molecule has 0 saturated heterocycles. The second-order valence-corrected chi connectivity index (χ2v) is 6.90. The third-order valence-electron chi connectivity index (χ3n) is 5.09. The second-order valence-electron chi connectivity index (χ2n) is 6.90. The van der Waals surface area contributed by atoms with E-state index in [0.29, 0.717) is 12.4 Å². The molecule has 0 saturated carbocycles. The SMILES string of the molecule is COc1ccc(-n2ncc(CN3CCc4nc(C)[nH]c(=O)c4C3)c2C)cc1. The van der Waals surface area contributed by atoms with Gasteiger partial charge >= 0.3 is 0 Å². The fourth-order valence-electron chi connectivity index (χ4n) is 3.56. The Balaban J connectivity index is 1.54. The summed E-state index contributed by atoms with van der Waals surface area (Å²) in [6, 6.07) is 7.85. The van der Waals surface area contributed by atoms with Gasteiger partial charge in [0.2, 0.25) is 0 Å². The quantitative estimate of drug-likeness (QED) is 0.767. The lowest BCUT2D eigenvalue weighted by Gasteiger charge is -2.27. The summed E-state index contributed by atoms with van der Waals surface area (Å²) in [6.07, 6.45) is 2.71. The Bertz CT molecular complexity index is 1020. The zero-order valence-corrected chi connectivity index (χ0v) is 15.8. The number of aromatic nitrogens is 4. The summed E-state index contributed by atoms with van der Waals surface area (Å²) in [7, 11) is 1.66. The van der Waals surface area contributed by atoms with Crippen molar-refractivity contribution in [1.82, 2.24) is 24.6 Å². The van der Waals surface area contributed by atoms with Gasteiger partial charge in [0.15, 0.2) is 0 Å². The van der Waals surface area contributed by atoms with Crippen molar-refractivity contribution in [3.05, 3.63) is 69.2 Å². The Morgan fingerprint density at radius 2 is 2.00 bits per heavy atom. The van der Waals surface area contributed by atoms with Gasteiger partial charge in [-0.2, -0.15) is 5.10 Å². The zero-order chi connectivity index (χ0) is 19.0. The number of hydrogen-bond acceptors (Lipinski definition) is 5. The highest BCUT2D eigenvalue weighted by atomic mass is 16.5. The summed E-state index contributed by atoms with van der Waals surface area (Å²) in [4.78, 5) is 21.8. The van der Waals surface area contributed by atoms with Crippen LogP contribution in [-0.2, 0) is 19.5 Å². The molecule has 1 aromatic carbocycles. The number of fused-ring (bicyclic) bond motifs is 1. The van der Waals surface area contributed by atoms with E-state index in [0.717, 1.165) is 53.5 Å². The van der Waals surface area contributed by atoms with E-state index in [2.05, 4.69) is 26.9 Å². The van der Waals surface area contributed by atoms with E-state index in [-0.39, 0.29) is 5.56 Å². The van der Waals surface area contributed by atoms with Crippen LogP contribution in [0.15, 0.2) is 35.3 Å². The van der Waals surface area contributed by atoms with Crippen LogP contribution in [0.1, 0.15) is 28.3 Å². The molecule has 0 aliphatic carbocycles. The molecule has 0 atom stereocenters. The second kappa shape index (κ2) is 7.00. The molecule has 27 heavy (non-hydrogen) atoms. The van der Waals surface area contributed by atoms with Gasteiger partial charge in [0.1, 0.15) is 11.6 Å². The maximum absolute atomic E-state index is 12.2. The number of ether oxygens (including phenoxy) is 1. The van der Waals surface area contributed by atoms with Crippen LogP contribution in [-0.4, -0.2) is 38.3 Å². The number of aryl methyl sites for hydroxylation is 1. The predicted molar refractivity (Wildman–Crippen MR) is 102 cm³/mol. The summed E-state index contributed by atoms with van der Waals surface area (Å²) in [6.45, 7) is 6.16. The monoisotopic (exact) mass is 365 g/mol. The number of nitrogens with one attached hydrogen (secondary N) is 1. The van der Waals surface area contributed by atoms with Gasteiger partial charge in [0, 0.05) is 37.3 Å².